The normalized spacial score (nSPS) is 10.6. The van der Waals surface area contributed by atoms with Crippen molar-refractivity contribution in [1.82, 2.24) is 0 Å². The van der Waals surface area contributed by atoms with Crippen LogP contribution in [0.4, 0.5) is 0 Å². The predicted octanol–water partition coefficient (Wildman–Crippen LogP) is 4.03. The van der Waals surface area contributed by atoms with E-state index < -0.39 is 0 Å². The van der Waals surface area contributed by atoms with E-state index in [0.29, 0.717) is 0 Å². The molecular formula is C25H24N2O+2. The van der Waals surface area contributed by atoms with Gasteiger partial charge in [0.2, 0.25) is 0 Å². The molecule has 0 spiro atoms. The summed E-state index contributed by atoms with van der Waals surface area (Å²) in [6.07, 6.45) is 8.54. The van der Waals surface area contributed by atoms with Crippen LogP contribution in [0.3, 0.4) is 0 Å². The fourth-order valence-corrected chi connectivity index (χ4v) is 3.25. The Hall–Kier alpha value is -3.46. The lowest BCUT2D eigenvalue weighted by molar-refractivity contribution is -0.688. The molecule has 2 aromatic carbocycles. The summed E-state index contributed by atoms with van der Waals surface area (Å²) in [4.78, 5) is 0. The molecule has 4 rings (SSSR count). The number of rotatable bonds is 6. The number of hydrogen-bond donors (Lipinski definition) is 0. The molecule has 0 aliphatic carbocycles. The van der Waals surface area contributed by atoms with Gasteiger partial charge in [0.05, 0.1) is 7.11 Å². The zero-order chi connectivity index (χ0) is 19.2. The third-order valence-electron chi connectivity index (χ3n) is 4.85. The Bertz CT molecular complexity index is 1010. The molecule has 0 saturated heterocycles. The topological polar surface area (TPSA) is 17.0 Å². The van der Waals surface area contributed by atoms with E-state index in [1.54, 1.807) is 7.11 Å². The first-order valence-corrected chi connectivity index (χ1v) is 9.45. The van der Waals surface area contributed by atoms with E-state index in [-0.39, 0.29) is 0 Å². The van der Waals surface area contributed by atoms with Crippen molar-refractivity contribution >= 4 is 0 Å². The highest BCUT2D eigenvalue weighted by Gasteiger charge is 2.07. The molecule has 4 aromatic rings. The van der Waals surface area contributed by atoms with Gasteiger partial charge in [-0.25, -0.2) is 9.13 Å². The quantitative estimate of drug-likeness (QED) is 0.470. The van der Waals surface area contributed by atoms with Gasteiger partial charge in [-0.1, -0.05) is 30.3 Å². The van der Waals surface area contributed by atoms with Crippen LogP contribution in [0.5, 0.6) is 5.75 Å². The third-order valence-corrected chi connectivity index (χ3v) is 4.85. The maximum atomic E-state index is 5.22. The summed E-state index contributed by atoms with van der Waals surface area (Å²) in [5, 5.41) is 0. The van der Waals surface area contributed by atoms with Gasteiger partial charge in [0, 0.05) is 35.4 Å². The molecule has 2 aromatic heterocycles. The van der Waals surface area contributed by atoms with Crippen molar-refractivity contribution in [3.63, 3.8) is 0 Å². The molecule has 0 atom stereocenters. The van der Waals surface area contributed by atoms with Crippen molar-refractivity contribution in [2.45, 2.75) is 13.1 Å². The fraction of sp³-hybridized carbons (Fsp3) is 0.120. The van der Waals surface area contributed by atoms with Gasteiger partial charge in [-0.05, 0) is 35.4 Å². The monoisotopic (exact) mass is 368 g/mol. The molecule has 0 aliphatic heterocycles. The minimum atomic E-state index is 0.843. The molecule has 138 valence electrons. The molecule has 3 heteroatoms. The highest BCUT2D eigenvalue weighted by Crippen LogP contribution is 2.16. The summed E-state index contributed by atoms with van der Waals surface area (Å²) in [5.41, 5.74) is 5.00. The molecular weight excluding hydrogens is 344 g/mol. The van der Waals surface area contributed by atoms with Crippen molar-refractivity contribution in [2.75, 3.05) is 7.11 Å². The van der Waals surface area contributed by atoms with Gasteiger partial charge in [0.1, 0.15) is 5.75 Å². The molecule has 3 nitrogen and oxygen atoms in total. The minimum absolute atomic E-state index is 0.843. The first-order valence-electron chi connectivity index (χ1n) is 9.45. The average Bonchev–Trinajstić information content (AvgIpc) is 2.76. The summed E-state index contributed by atoms with van der Waals surface area (Å²) >= 11 is 0. The number of methoxy groups -OCH3 is 1. The van der Waals surface area contributed by atoms with E-state index in [4.69, 9.17) is 4.74 Å². The Morgan fingerprint density at radius 2 is 1.04 bits per heavy atom. The smallest absolute Gasteiger partial charge is 0.173 e. The number of ether oxygens (including phenoxy) is 1. The molecule has 0 aliphatic rings. The zero-order valence-electron chi connectivity index (χ0n) is 16.0. The summed E-state index contributed by atoms with van der Waals surface area (Å²) < 4.78 is 9.60. The summed E-state index contributed by atoms with van der Waals surface area (Å²) in [6.45, 7) is 1.73. The lowest BCUT2D eigenvalue weighted by atomic mass is 10.1. The lowest BCUT2D eigenvalue weighted by Gasteiger charge is -2.03. The van der Waals surface area contributed by atoms with E-state index >= 15 is 0 Å². The van der Waals surface area contributed by atoms with Gasteiger partial charge in [-0.15, -0.1) is 0 Å². The van der Waals surface area contributed by atoms with Crippen molar-refractivity contribution < 1.29 is 13.9 Å². The number of aromatic nitrogens is 2. The molecule has 0 bridgehead atoms. The third kappa shape index (κ3) is 4.44. The van der Waals surface area contributed by atoms with E-state index in [1.165, 1.54) is 22.3 Å². The van der Waals surface area contributed by atoms with Gasteiger partial charge < -0.3 is 4.74 Å². The van der Waals surface area contributed by atoms with Crippen LogP contribution in [0.2, 0.25) is 0 Å². The predicted molar refractivity (Wildman–Crippen MR) is 110 cm³/mol. The highest BCUT2D eigenvalue weighted by molar-refractivity contribution is 5.60. The van der Waals surface area contributed by atoms with Gasteiger partial charge in [-0.2, -0.15) is 0 Å². The molecule has 0 N–H and O–H groups in total. The summed E-state index contributed by atoms with van der Waals surface area (Å²) in [7, 11) is 1.69. The second-order valence-electron chi connectivity index (χ2n) is 6.85. The van der Waals surface area contributed by atoms with E-state index in [0.717, 1.165) is 18.8 Å². The van der Waals surface area contributed by atoms with Crippen LogP contribution >= 0.6 is 0 Å². The van der Waals surface area contributed by atoms with Gasteiger partial charge in [-0.3, -0.25) is 0 Å². The fourth-order valence-electron chi connectivity index (χ4n) is 3.25. The lowest BCUT2D eigenvalue weighted by Crippen LogP contribution is -2.33. The highest BCUT2D eigenvalue weighted by atomic mass is 16.5. The number of benzene rings is 2. The number of hydrogen-bond acceptors (Lipinski definition) is 1. The van der Waals surface area contributed by atoms with Gasteiger partial charge >= 0.3 is 0 Å². The van der Waals surface area contributed by atoms with Crippen molar-refractivity contribution in [1.29, 1.82) is 0 Å². The SMILES string of the molecule is COc1ccc(C[n+]2ccc(-c3cc[n+](Cc4ccccc4)cc3)cc2)cc1. The van der Waals surface area contributed by atoms with E-state index in [9.17, 15) is 0 Å². The van der Waals surface area contributed by atoms with Crippen molar-refractivity contribution in [3.8, 4) is 16.9 Å². The molecule has 2 heterocycles. The maximum Gasteiger partial charge on any atom is 0.173 e. The maximum absolute atomic E-state index is 5.22. The Balaban J connectivity index is 1.43. The van der Waals surface area contributed by atoms with Crippen LogP contribution in [0, 0.1) is 0 Å². The average molecular weight is 368 g/mol. The largest absolute Gasteiger partial charge is 0.497 e. The Morgan fingerprint density at radius 3 is 1.50 bits per heavy atom. The van der Waals surface area contributed by atoms with Crippen molar-refractivity contribution in [2.24, 2.45) is 0 Å². The number of nitrogens with zero attached hydrogens (tertiary/aromatic N) is 2. The molecule has 0 fully saturated rings. The second-order valence-corrected chi connectivity index (χ2v) is 6.85. The van der Waals surface area contributed by atoms with Crippen molar-refractivity contribution in [3.05, 3.63) is 115 Å². The van der Waals surface area contributed by atoms with Crippen LogP contribution in [0.15, 0.2) is 104 Å². The van der Waals surface area contributed by atoms with Crippen LogP contribution in [-0.2, 0) is 13.1 Å². The van der Waals surface area contributed by atoms with E-state index in [2.05, 4.69) is 94.6 Å². The molecule has 0 unspecified atom stereocenters. The Kier molecular flexibility index (Phi) is 5.43. The summed E-state index contributed by atoms with van der Waals surface area (Å²) in [5.74, 6) is 0.887. The van der Waals surface area contributed by atoms with Crippen LogP contribution in [-0.4, -0.2) is 7.11 Å². The first kappa shape index (κ1) is 17.9. The van der Waals surface area contributed by atoms with Crippen LogP contribution in [0.1, 0.15) is 11.1 Å². The molecule has 28 heavy (non-hydrogen) atoms. The van der Waals surface area contributed by atoms with Crippen LogP contribution < -0.4 is 13.9 Å². The van der Waals surface area contributed by atoms with Gasteiger partial charge in [0.15, 0.2) is 37.9 Å². The second kappa shape index (κ2) is 8.49. The summed E-state index contributed by atoms with van der Waals surface area (Å²) in [6, 6.07) is 27.4. The zero-order valence-corrected chi connectivity index (χ0v) is 16.0. The molecule has 0 saturated carbocycles. The first-order chi connectivity index (χ1) is 13.8. The van der Waals surface area contributed by atoms with Crippen LogP contribution in [0.25, 0.3) is 11.1 Å². The number of pyridine rings is 2. The van der Waals surface area contributed by atoms with E-state index in [1.807, 2.05) is 18.2 Å². The van der Waals surface area contributed by atoms with Gasteiger partial charge in [0.25, 0.3) is 0 Å². The molecule has 0 amide bonds. The minimum Gasteiger partial charge on any atom is -0.497 e. The molecule has 0 radical (unpaired) electrons. The Labute approximate surface area is 166 Å². The Morgan fingerprint density at radius 1 is 0.571 bits per heavy atom. The standard InChI is InChI=1S/C25H24N2O/c1-28-25-9-7-22(8-10-25)20-27-17-13-24(14-18-27)23-11-15-26(16-12-23)19-21-5-3-2-4-6-21/h2-18H,19-20H2,1H3/q+2.